The Balaban J connectivity index is 3.03. The number of halogens is 1. The number of carboxylic acids is 1. The highest BCUT2D eigenvalue weighted by molar-refractivity contribution is 9.10. The zero-order valence-corrected chi connectivity index (χ0v) is 13.1. The summed E-state index contributed by atoms with van der Waals surface area (Å²) in [5.74, 6) is -1.17. The number of carbonyl (C=O) groups is 1. The first kappa shape index (κ1) is 16.1. The molecule has 0 saturated carbocycles. The minimum atomic E-state index is -3.82. The molecule has 0 aromatic heterocycles. The molecule has 0 spiro atoms. The van der Waals surface area contributed by atoms with Crippen molar-refractivity contribution in [1.29, 1.82) is 0 Å². The van der Waals surface area contributed by atoms with E-state index >= 15 is 0 Å². The van der Waals surface area contributed by atoms with Crippen molar-refractivity contribution < 1.29 is 18.3 Å². The Morgan fingerprint density at radius 1 is 1.47 bits per heavy atom. The second-order valence-corrected chi connectivity index (χ2v) is 6.78. The lowest BCUT2D eigenvalue weighted by Crippen LogP contribution is -2.40. The van der Waals surface area contributed by atoms with Gasteiger partial charge in [-0.15, -0.1) is 0 Å². The summed E-state index contributed by atoms with van der Waals surface area (Å²) in [5, 5.41) is 8.98. The Bertz CT molecular complexity index is 571. The number of sulfonamides is 1. The van der Waals surface area contributed by atoms with Crippen molar-refractivity contribution >= 4 is 31.9 Å². The molecule has 19 heavy (non-hydrogen) atoms. The number of carboxylic acid groups (broad SMARTS) is 1. The molecule has 0 aliphatic rings. The van der Waals surface area contributed by atoms with Crippen LogP contribution in [0.1, 0.15) is 25.3 Å². The quantitative estimate of drug-likeness (QED) is 0.825. The molecular formula is C12H16BrNO4S. The van der Waals surface area contributed by atoms with Crippen LogP contribution < -0.4 is 4.72 Å². The zero-order chi connectivity index (χ0) is 14.6. The van der Waals surface area contributed by atoms with Gasteiger partial charge in [0.1, 0.15) is 6.04 Å². The van der Waals surface area contributed by atoms with E-state index in [4.69, 9.17) is 5.11 Å². The molecule has 1 aromatic carbocycles. The first-order valence-corrected chi connectivity index (χ1v) is 8.07. The average molecular weight is 350 g/mol. The third kappa shape index (κ3) is 4.29. The van der Waals surface area contributed by atoms with Gasteiger partial charge in [0, 0.05) is 4.47 Å². The Kier molecular flexibility index (Phi) is 5.51. The molecule has 0 aliphatic carbocycles. The number of benzene rings is 1. The highest BCUT2D eigenvalue weighted by Gasteiger charge is 2.24. The maximum Gasteiger partial charge on any atom is 0.321 e. The van der Waals surface area contributed by atoms with Crippen molar-refractivity contribution in [2.24, 2.45) is 0 Å². The zero-order valence-electron chi connectivity index (χ0n) is 10.7. The molecule has 0 amide bonds. The number of aryl methyl sites for hydroxylation is 1. The van der Waals surface area contributed by atoms with Gasteiger partial charge in [0.2, 0.25) is 10.0 Å². The van der Waals surface area contributed by atoms with Crippen LogP contribution in [0.2, 0.25) is 0 Å². The lowest BCUT2D eigenvalue weighted by molar-refractivity contribution is -0.139. The summed E-state index contributed by atoms with van der Waals surface area (Å²) < 4.78 is 27.2. The first-order valence-electron chi connectivity index (χ1n) is 5.79. The predicted octanol–water partition coefficient (Wildman–Crippen LogP) is 2.29. The van der Waals surface area contributed by atoms with Crippen LogP contribution in [0.4, 0.5) is 0 Å². The maximum absolute atomic E-state index is 12.1. The van der Waals surface area contributed by atoms with Crippen molar-refractivity contribution in [1.82, 2.24) is 4.72 Å². The second kappa shape index (κ2) is 6.49. The summed E-state index contributed by atoms with van der Waals surface area (Å²) >= 11 is 3.29. The fourth-order valence-electron chi connectivity index (χ4n) is 1.56. The fraction of sp³-hybridized carbons (Fsp3) is 0.417. The third-order valence-corrected chi connectivity index (χ3v) is 4.97. The molecule has 0 bridgehead atoms. The molecule has 0 fully saturated rings. The molecule has 5 nitrogen and oxygen atoms in total. The van der Waals surface area contributed by atoms with E-state index in [1.165, 1.54) is 12.1 Å². The van der Waals surface area contributed by atoms with E-state index in [1.807, 2.05) is 0 Å². The molecule has 1 atom stereocenters. The van der Waals surface area contributed by atoms with Crippen LogP contribution in [0.15, 0.2) is 27.6 Å². The molecule has 0 radical (unpaired) electrons. The van der Waals surface area contributed by atoms with Gasteiger partial charge in [0.15, 0.2) is 0 Å². The van der Waals surface area contributed by atoms with Gasteiger partial charge in [-0.3, -0.25) is 4.79 Å². The molecule has 1 unspecified atom stereocenters. The predicted molar refractivity (Wildman–Crippen MR) is 75.5 cm³/mol. The monoisotopic (exact) mass is 349 g/mol. The van der Waals surface area contributed by atoms with Crippen LogP contribution in [0.25, 0.3) is 0 Å². The number of hydrogen-bond donors (Lipinski definition) is 2. The Hall–Kier alpha value is -0.920. The highest BCUT2D eigenvalue weighted by Crippen LogP contribution is 2.20. The van der Waals surface area contributed by atoms with Crippen LogP contribution in [-0.2, 0) is 14.8 Å². The van der Waals surface area contributed by atoms with E-state index in [0.29, 0.717) is 6.42 Å². The summed E-state index contributed by atoms with van der Waals surface area (Å²) in [6, 6.07) is 3.46. The third-order valence-electron chi connectivity index (χ3n) is 2.61. The normalized spacial score (nSPS) is 13.2. The second-order valence-electron chi connectivity index (χ2n) is 4.21. The van der Waals surface area contributed by atoms with Crippen LogP contribution in [0.3, 0.4) is 0 Å². The molecule has 0 saturated heterocycles. The van der Waals surface area contributed by atoms with E-state index in [0.717, 1.165) is 10.0 Å². The topological polar surface area (TPSA) is 83.5 Å². The highest BCUT2D eigenvalue weighted by atomic mass is 79.9. The van der Waals surface area contributed by atoms with Crippen molar-refractivity contribution in [3.63, 3.8) is 0 Å². The van der Waals surface area contributed by atoms with Gasteiger partial charge in [0.05, 0.1) is 4.90 Å². The van der Waals surface area contributed by atoms with Crippen molar-refractivity contribution in [3.05, 3.63) is 28.2 Å². The van der Waals surface area contributed by atoms with E-state index in [9.17, 15) is 13.2 Å². The van der Waals surface area contributed by atoms with E-state index in [2.05, 4.69) is 20.7 Å². The Morgan fingerprint density at radius 3 is 2.58 bits per heavy atom. The van der Waals surface area contributed by atoms with Gasteiger partial charge < -0.3 is 5.11 Å². The van der Waals surface area contributed by atoms with E-state index in [-0.39, 0.29) is 11.3 Å². The largest absolute Gasteiger partial charge is 0.480 e. The number of rotatable bonds is 6. The minimum absolute atomic E-state index is 0.0653. The van der Waals surface area contributed by atoms with Gasteiger partial charge >= 0.3 is 5.97 Å². The number of hydrogen-bond acceptors (Lipinski definition) is 3. The lowest BCUT2D eigenvalue weighted by atomic mass is 10.2. The van der Waals surface area contributed by atoms with Crippen molar-refractivity contribution in [2.45, 2.75) is 37.6 Å². The first-order chi connectivity index (χ1) is 8.77. The van der Waals surface area contributed by atoms with E-state index in [1.54, 1.807) is 19.9 Å². The molecule has 1 aromatic rings. The number of nitrogens with one attached hydrogen (secondary N) is 1. The average Bonchev–Trinajstić information content (AvgIpc) is 2.31. The van der Waals surface area contributed by atoms with Crippen molar-refractivity contribution in [3.8, 4) is 0 Å². The molecule has 2 N–H and O–H groups in total. The van der Waals surface area contributed by atoms with Gasteiger partial charge in [-0.25, -0.2) is 8.42 Å². The summed E-state index contributed by atoms with van der Waals surface area (Å²) in [6.45, 7) is 3.57. The molecular weight excluding hydrogens is 334 g/mol. The summed E-state index contributed by atoms with van der Waals surface area (Å²) in [5.41, 5.74) is 0.769. The fourth-order valence-corrected chi connectivity index (χ4v) is 3.12. The van der Waals surface area contributed by atoms with Crippen molar-refractivity contribution in [2.75, 3.05) is 0 Å². The SMILES string of the molecule is CCCC(NS(=O)(=O)c1ccc(Br)c(C)c1)C(=O)O. The summed E-state index contributed by atoms with van der Waals surface area (Å²) in [7, 11) is -3.82. The number of aliphatic carboxylic acids is 1. The minimum Gasteiger partial charge on any atom is -0.480 e. The molecule has 7 heteroatoms. The van der Waals surface area contributed by atoms with E-state index < -0.39 is 22.0 Å². The van der Waals surface area contributed by atoms with Gasteiger partial charge in [0.25, 0.3) is 0 Å². The smallest absolute Gasteiger partial charge is 0.321 e. The molecule has 0 heterocycles. The van der Waals surface area contributed by atoms with Crippen LogP contribution in [0, 0.1) is 6.92 Å². The van der Waals surface area contributed by atoms with Crippen LogP contribution >= 0.6 is 15.9 Å². The molecule has 1 rings (SSSR count). The summed E-state index contributed by atoms with van der Waals surface area (Å²) in [6.07, 6.45) is 0.836. The molecule has 106 valence electrons. The van der Waals surface area contributed by atoms with Crippen LogP contribution in [0.5, 0.6) is 0 Å². The maximum atomic E-state index is 12.1. The van der Waals surface area contributed by atoms with Crippen LogP contribution in [-0.4, -0.2) is 25.5 Å². The Morgan fingerprint density at radius 2 is 2.11 bits per heavy atom. The standard InChI is InChI=1S/C12H16BrNO4S/c1-3-4-11(12(15)16)14-19(17,18)9-5-6-10(13)8(2)7-9/h5-7,11,14H,3-4H2,1-2H3,(H,15,16). The Labute approximate surface area is 121 Å². The van der Waals surface area contributed by atoms with Gasteiger partial charge in [-0.1, -0.05) is 29.3 Å². The molecule has 0 aliphatic heterocycles. The van der Waals surface area contributed by atoms with Gasteiger partial charge in [-0.2, -0.15) is 4.72 Å². The lowest BCUT2D eigenvalue weighted by Gasteiger charge is -2.14. The van der Waals surface area contributed by atoms with Gasteiger partial charge in [-0.05, 0) is 37.1 Å². The summed E-state index contributed by atoms with van der Waals surface area (Å²) in [4.78, 5) is 11.1.